The zero-order valence-electron chi connectivity index (χ0n) is 7.34. The third-order valence-corrected chi connectivity index (χ3v) is 2.00. The zero-order valence-corrected chi connectivity index (χ0v) is 7.34. The Morgan fingerprint density at radius 1 is 1.62 bits per heavy atom. The van der Waals surface area contributed by atoms with Crippen LogP contribution in [0.1, 0.15) is 0 Å². The molecule has 0 bridgehead atoms. The van der Waals surface area contributed by atoms with E-state index >= 15 is 0 Å². The molecule has 1 heterocycles. The minimum absolute atomic E-state index is 0.183. The lowest BCUT2D eigenvalue weighted by Crippen LogP contribution is -2.66. The topological polar surface area (TPSA) is 49.4 Å². The smallest absolute Gasteiger partial charge is 0.261 e. The van der Waals surface area contributed by atoms with Crippen LogP contribution in [0.5, 0.6) is 0 Å². The number of likely N-dealkylation sites (tertiary alicyclic amines) is 1. The molecule has 0 unspecified atom stereocenters. The van der Waals surface area contributed by atoms with E-state index in [-0.39, 0.29) is 19.0 Å². The van der Waals surface area contributed by atoms with Crippen molar-refractivity contribution in [2.45, 2.75) is 5.67 Å². The molecule has 0 radical (unpaired) electrons. The minimum atomic E-state index is -1.91. The maximum absolute atomic E-state index is 13.4. The predicted molar refractivity (Wildman–Crippen MR) is 44.7 cm³/mol. The van der Waals surface area contributed by atoms with Gasteiger partial charge in [-0.25, -0.2) is 4.39 Å². The first kappa shape index (κ1) is 9.70. The molecule has 1 rings (SSSR count). The molecule has 72 valence electrons. The number of alkyl halides is 1. The number of carbonyl (C=O) groups is 2. The SMILES string of the molecule is C=CC(=O)N1CC(F)(C(=O)NC)C1. The van der Waals surface area contributed by atoms with Gasteiger partial charge in [-0.05, 0) is 6.08 Å². The average Bonchev–Trinajstić information content (AvgIpc) is 2.10. The van der Waals surface area contributed by atoms with Crippen LogP contribution in [-0.4, -0.2) is 42.5 Å². The van der Waals surface area contributed by atoms with Crippen molar-refractivity contribution in [3.8, 4) is 0 Å². The van der Waals surface area contributed by atoms with E-state index in [9.17, 15) is 14.0 Å². The standard InChI is InChI=1S/C8H11FN2O2/c1-3-6(12)11-4-8(9,5-11)7(13)10-2/h3H,1,4-5H2,2H3,(H,10,13). The number of carbonyl (C=O) groups excluding carboxylic acids is 2. The Hall–Kier alpha value is -1.39. The fraction of sp³-hybridized carbons (Fsp3) is 0.500. The molecule has 1 saturated heterocycles. The van der Waals surface area contributed by atoms with E-state index in [0.29, 0.717) is 0 Å². The van der Waals surface area contributed by atoms with E-state index in [1.165, 1.54) is 11.9 Å². The molecule has 2 amide bonds. The maximum Gasteiger partial charge on any atom is 0.261 e. The Labute approximate surface area is 75.4 Å². The van der Waals surface area contributed by atoms with Gasteiger partial charge in [0.05, 0.1) is 13.1 Å². The molecule has 0 aromatic heterocycles. The summed E-state index contributed by atoms with van der Waals surface area (Å²) >= 11 is 0. The van der Waals surface area contributed by atoms with Crippen molar-refractivity contribution in [2.75, 3.05) is 20.1 Å². The molecule has 0 aromatic rings. The minimum Gasteiger partial charge on any atom is -0.356 e. The number of hydrogen-bond donors (Lipinski definition) is 1. The van der Waals surface area contributed by atoms with Crippen LogP contribution in [0.25, 0.3) is 0 Å². The molecule has 1 N–H and O–H groups in total. The second-order valence-electron chi connectivity index (χ2n) is 2.94. The lowest BCUT2D eigenvalue weighted by atomic mass is 9.95. The number of rotatable bonds is 2. The molecule has 1 aliphatic rings. The monoisotopic (exact) mass is 186 g/mol. The fourth-order valence-corrected chi connectivity index (χ4v) is 1.21. The van der Waals surface area contributed by atoms with Crippen molar-refractivity contribution >= 4 is 11.8 Å². The van der Waals surface area contributed by atoms with Gasteiger partial charge in [0.15, 0.2) is 0 Å². The van der Waals surface area contributed by atoms with Gasteiger partial charge in [0.2, 0.25) is 11.6 Å². The van der Waals surface area contributed by atoms with Crippen LogP contribution in [0, 0.1) is 0 Å². The largest absolute Gasteiger partial charge is 0.356 e. The van der Waals surface area contributed by atoms with Crippen LogP contribution in [0.2, 0.25) is 0 Å². The summed E-state index contributed by atoms with van der Waals surface area (Å²) in [6.07, 6.45) is 1.10. The molecule has 4 nitrogen and oxygen atoms in total. The van der Waals surface area contributed by atoms with Gasteiger partial charge in [0.25, 0.3) is 5.91 Å². The molecule has 13 heavy (non-hydrogen) atoms. The van der Waals surface area contributed by atoms with E-state index in [2.05, 4.69) is 11.9 Å². The number of halogens is 1. The van der Waals surface area contributed by atoms with Crippen LogP contribution in [-0.2, 0) is 9.59 Å². The Morgan fingerprint density at radius 2 is 2.15 bits per heavy atom. The summed E-state index contributed by atoms with van der Waals surface area (Å²) < 4.78 is 13.4. The Kier molecular flexibility index (Phi) is 2.36. The van der Waals surface area contributed by atoms with E-state index in [1.54, 1.807) is 0 Å². The Morgan fingerprint density at radius 3 is 2.54 bits per heavy atom. The van der Waals surface area contributed by atoms with Crippen LogP contribution in [0.3, 0.4) is 0 Å². The van der Waals surface area contributed by atoms with Gasteiger partial charge in [-0.3, -0.25) is 9.59 Å². The van der Waals surface area contributed by atoms with Crippen LogP contribution < -0.4 is 5.32 Å². The first-order valence-corrected chi connectivity index (χ1v) is 3.86. The van der Waals surface area contributed by atoms with Crippen molar-refractivity contribution in [3.05, 3.63) is 12.7 Å². The highest BCUT2D eigenvalue weighted by Gasteiger charge is 2.50. The summed E-state index contributed by atoms with van der Waals surface area (Å²) in [5.41, 5.74) is -1.91. The molecule has 5 heteroatoms. The molecular formula is C8H11FN2O2. The van der Waals surface area contributed by atoms with E-state index in [1.807, 2.05) is 0 Å². The highest BCUT2D eigenvalue weighted by molar-refractivity contribution is 5.93. The molecule has 0 aliphatic carbocycles. The molecular weight excluding hydrogens is 175 g/mol. The van der Waals surface area contributed by atoms with Crippen LogP contribution in [0.15, 0.2) is 12.7 Å². The van der Waals surface area contributed by atoms with E-state index in [0.717, 1.165) is 6.08 Å². The van der Waals surface area contributed by atoms with Crippen molar-refractivity contribution in [3.63, 3.8) is 0 Å². The maximum atomic E-state index is 13.4. The van der Waals surface area contributed by atoms with Crippen molar-refractivity contribution < 1.29 is 14.0 Å². The van der Waals surface area contributed by atoms with Gasteiger partial charge >= 0.3 is 0 Å². The van der Waals surface area contributed by atoms with E-state index < -0.39 is 11.6 Å². The Bertz CT molecular complexity index is 259. The van der Waals surface area contributed by atoms with Crippen molar-refractivity contribution in [1.82, 2.24) is 10.2 Å². The lowest BCUT2D eigenvalue weighted by molar-refractivity contribution is -0.153. The predicted octanol–water partition coefficient (Wildman–Crippen LogP) is -0.531. The fourth-order valence-electron chi connectivity index (χ4n) is 1.21. The number of amides is 2. The summed E-state index contributed by atoms with van der Waals surface area (Å²) in [5, 5.41) is 2.21. The second kappa shape index (κ2) is 3.16. The summed E-state index contributed by atoms with van der Waals surface area (Å²) in [4.78, 5) is 23.0. The highest BCUT2D eigenvalue weighted by atomic mass is 19.1. The third kappa shape index (κ3) is 1.54. The highest BCUT2D eigenvalue weighted by Crippen LogP contribution is 2.25. The average molecular weight is 186 g/mol. The summed E-state index contributed by atoms with van der Waals surface area (Å²) in [6, 6.07) is 0. The third-order valence-electron chi connectivity index (χ3n) is 2.00. The molecule has 0 aromatic carbocycles. The lowest BCUT2D eigenvalue weighted by Gasteiger charge is -2.42. The summed E-state index contributed by atoms with van der Waals surface area (Å²) in [5.74, 6) is -1.03. The van der Waals surface area contributed by atoms with Gasteiger partial charge in [-0.15, -0.1) is 0 Å². The van der Waals surface area contributed by atoms with Crippen LogP contribution >= 0.6 is 0 Å². The second-order valence-corrected chi connectivity index (χ2v) is 2.94. The Balaban J connectivity index is 2.52. The van der Waals surface area contributed by atoms with Gasteiger partial charge in [-0.1, -0.05) is 6.58 Å². The number of nitrogens with zero attached hydrogens (tertiary/aromatic N) is 1. The number of hydrogen-bond acceptors (Lipinski definition) is 2. The summed E-state index contributed by atoms with van der Waals surface area (Å²) in [7, 11) is 1.36. The molecule has 1 fully saturated rings. The van der Waals surface area contributed by atoms with Crippen LogP contribution in [0.4, 0.5) is 4.39 Å². The van der Waals surface area contributed by atoms with Gasteiger partial charge in [-0.2, -0.15) is 0 Å². The zero-order chi connectivity index (χ0) is 10.1. The van der Waals surface area contributed by atoms with Crippen molar-refractivity contribution in [2.24, 2.45) is 0 Å². The molecule has 0 atom stereocenters. The molecule has 0 spiro atoms. The normalized spacial score (nSPS) is 18.8. The van der Waals surface area contributed by atoms with Crippen molar-refractivity contribution in [1.29, 1.82) is 0 Å². The molecule has 0 saturated carbocycles. The quantitative estimate of drug-likeness (QED) is 0.589. The van der Waals surface area contributed by atoms with Gasteiger partial charge < -0.3 is 10.2 Å². The first-order valence-electron chi connectivity index (χ1n) is 3.86. The first-order chi connectivity index (χ1) is 6.03. The van der Waals surface area contributed by atoms with Gasteiger partial charge in [0, 0.05) is 7.05 Å². The van der Waals surface area contributed by atoms with E-state index in [4.69, 9.17) is 0 Å². The summed E-state index contributed by atoms with van der Waals surface area (Å²) in [6.45, 7) is 2.90. The molecule has 1 aliphatic heterocycles. The van der Waals surface area contributed by atoms with Gasteiger partial charge in [0.1, 0.15) is 0 Å². The number of nitrogens with one attached hydrogen (secondary N) is 1.